The average Bonchev–Trinajstić information content (AvgIpc) is 2.47. The van der Waals surface area contributed by atoms with E-state index in [1.807, 2.05) is 0 Å². The molecule has 0 aliphatic heterocycles. The van der Waals surface area contributed by atoms with Crippen LogP contribution in [0, 0.1) is 5.82 Å². The third kappa shape index (κ3) is 2.67. The molecular weight excluding hydrogens is 261 g/mol. The molecule has 0 spiro atoms. The van der Waals surface area contributed by atoms with Crippen molar-refractivity contribution in [2.24, 2.45) is 5.73 Å². The lowest BCUT2D eigenvalue weighted by atomic mass is 10.2. The molecule has 0 heterocycles. The van der Waals surface area contributed by atoms with E-state index in [1.54, 1.807) is 30.3 Å². The number of hydrogen-bond donors (Lipinski definition) is 1. The van der Waals surface area contributed by atoms with Crippen molar-refractivity contribution in [1.82, 2.24) is 0 Å². The van der Waals surface area contributed by atoms with Crippen molar-refractivity contribution in [3.05, 3.63) is 47.8 Å². The molecule has 2 aromatic rings. The molecule has 0 aliphatic rings. The van der Waals surface area contributed by atoms with Crippen LogP contribution < -0.4 is 19.9 Å². The Bertz CT molecular complexity index is 579. The summed E-state index contributed by atoms with van der Waals surface area (Å²) in [6.45, 7) is 0.0411. The third-order valence-electron chi connectivity index (χ3n) is 2.87. The Morgan fingerprint density at radius 2 is 1.50 bits per heavy atom. The van der Waals surface area contributed by atoms with Crippen molar-refractivity contribution in [3.8, 4) is 23.0 Å². The van der Waals surface area contributed by atoms with Crippen LogP contribution in [-0.4, -0.2) is 14.2 Å². The van der Waals surface area contributed by atoms with E-state index in [2.05, 4.69) is 0 Å². The fourth-order valence-electron chi connectivity index (χ4n) is 1.86. The molecule has 106 valence electrons. The SMILES string of the molecule is COc1cccc(OC)c1Oc1cccc(F)c1CN. The summed E-state index contributed by atoms with van der Waals surface area (Å²) in [5.41, 5.74) is 5.87. The van der Waals surface area contributed by atoms with E-state index in [0.29, 0.717) is 28.6 Å². The van der Waals surface area contributed by atoms with Gasteiger partial charge in [-0.05, 0) is 24.3 Å². The second kappa shape index (κ2) is 6.25. The first-order valence-electron chi connectivity index (χ1n) is 6.07. The van der Waals surface area contributed by atoms with Gasteiger partial charge in [-0.2, -0.15) is 0 Å². The first kappa shape index (κ1) is 14.1. The zero-order valence-corrected chi connectivity index (χ0v) is 11.4. The molecule has 0 saturated carbocycles. The molecule has 5 heteroatoms. The molecule has 0 fully saturated rings. The molecule has 0 bridgehead atoms. The standard InChI is InChI=1S/C15H16FNO3/c1-18-13-7-4-8-14(19-2)15(13)20-12-6-3-5-11(16)10(12)9-17/h3-8H,9,17H2,1-2H3. The van der Waals surface area contributed by atoms with Crippen molar-refractivity contribution in [2.75, 3.05) is 14.2 Å². The van der Waals surface area contributed by atoms with Crippen LogP contribution in [0.2, 0.25) is 0 Å². The van der Waals surface area contributed by atoms with Crippen LogP contribution in [0.25, 0.3) is 0 Å². The summed E-state index contributed by atoms with van der Waals surface area (Å²) in [6, 6.07) is 9.80. The van der Waals surface area contributed by atoms with Crippen molar-refractivity contribution in [1.29, 1.82) is 0 Å². The van der Waals surface area contributed by atoms with Crippen LogP contribution in [-0.2, 0) is 6.54 Å². The highest BCUT2D eigenvalue weighted by Gasteiger charge is 2.15. The lowest BCUT2D eigenvalue weighted by Crippen LogP contribution is -2.03. The molecule has 0 aliphatic carbocycles. The monoisotopic (exact) mass is 277 g/mol. The van der Waals surface area contributed by atoms with Crippen molar-refractivity contribution < 1.29 is 18.6 Å². The van der Waals surface area contributed by atoms with Gasteiger partial charge in [-0.15, -0.1) is 0 Å². The van der Waals surface area contributed by atoms with E-state index in [-0.39, 0.29) is 6.54 Å². The minimum Gasteiger partial charge on any atom is -0.493 e. The summed E-state index contributed by atoms with van der Waals surface area (Å²) >= 11 is 0. The van der Waals surface area contributed by atoms with Gasteiger partial charge in [0, 0.05) is 12.1 Å². The molecule has 2 N–H and O–H groups in total. The Labute approximate surface area is 116 Å². The zero-order chi connectivity index (χ0) is 14.5. The number of hydrogen-bond acceptors (Lipinski definition) is 4. The summed E-state index contributed by atoms with van der Waals surface area (Å²) in [4.78, 5) is 0. The van der Waals surface area contributed by atoms with Gasteiger partial charge in [0.15, 0.2) is 11.5 Å². The highest BCUT2D eigenvalue weighted by Crippen LogP contribution is 2.40. The lowest BCUT2D eigenvalue weighted by Gasteiger charge is -2.15. The first-order chi connectivity index (χ1) is 9.71. The van der Waals surface area contributed by atoms with E-state index < -0.39 is 5.82 Å². The van der Waals surface area contributed by atoms with Gasteiger partial charge >= 0.3 is 0 Å². The van der Waals surface area contributed by atoms with Crippen LogP contribution >= 0.6 is 0 Å². The number of nitrogens with two attached hydrogens (primary N) is 1. The molecule has 0 radical (unpaired) electrons. The van der Waals surface area contributed by atoms with Crippen LogP contribution in [0.4, 0.5) is 4.39 Å². The minimum atomic E-state index is -0.404. The first-order valence-corrected chi connectivity index (χ1v) is 6.07. The highest BCUT2D eigenvalue weighted by molar-refractivity contribution is 5.53. The summed E-state index contributed by atoms with van der Waals surface area (Å²) in [5, 5.41) is 0. The number of rotatable bonds is 5. The molecule has 0 unspecified atom stereocenters. The van der Waals surface area contributed by atoms with Gasteiger partial charge in [0.25, 0.3) is 0 Å². The van der Waals surface area contributed by atoms with E-state index in [1.165, 1.54) is 20.3 Å². The zero-order valence-electron chi connectivity index (χ0n) is 11.4. The Balaban J connectivity index is 2.47. The van der Waals surface area contributed by atoms with E-state index in [4.69, 9.17) is 19.9 Å². The average molecular weight is 277 g/mol. The maximum atomic E-state index is 13.7. The van der Waals surface area contributed by atoms with Crippen LogP contribution in [0.1, 0.15) is 5.56 Å². The van der Waals surface area contributed by atoms with Gasteiger partial charge in [0.1, 0.15) is 11.6 Å². The van der Waals surface area contributed by atoms with Crippen molar-refractivity contribution in [3.63, 3.8) is 0 Å². The molecular formula is C15H16FNO3. The molecule has 2 rings (SSSR count). The molecule has 0 atom stereocenters. The smallest absolute Gasteiger partial charge is 0.211 e. The maximum absolute atomic E-state index is 13.7. The second-order valence-electron chi connectivity index (χ2n) is 4.01. The summed E-state index contributed by atoms with van der Waals surface area (Å²) in [7, 11) is 3.05. The number of ether oxygens (including phenoxy) is 3. The third-order valence-corrected chi connectivity index (χ3v) is 2.87. The Kier molecular flexibility index (Phi) is 4.42. The van der Waals surface area contributed by atoms with Crippen molar-refractivity contribution in [2.45, 2.75) is 6.54 Å². The fraction of sp³-hybridized carbons (Fsp3) is 0.200. The highest BCUT2D eigenvalue weighted by atomic mass is 19.1. The van der Waals surface area contributed by atoms with Gasteiger partial charge in [0.05, 0.1) is 14.2 Å². The van der Waals surface area contributed by atoms with Crippen LogP contribution in [0.15, 0.2) is 36.4 Å². The maximum Gasteiger partial charge on any atom is 0.211 e. The normalized spacial score (nSPS) is 10.2. The molecule has 0 amide bonds. The molecule has 4 nitrogen and oxygen atoms in total. The molecule has 20 heavy (non-hydrogen) atoms. The number of methoxy groups -OCH3 is 2. The number of para-hydroxylation sites is 1. The fourth-order valence-corrected chi connectivity index (χ4v) is 1.86. The van der Waals surface area contributed by atoms with Gasteiger partial charge in [-0.25, -0.2) is 4.39 Å². The van der Waals surface area contributed by atoms with Gasteiger partial charge in [-0.3, -0.25) is 0 Å². The lowest BCUT2D eigenvalue weighted by molar-refractivity contribution is 0.344. The van der Waals surface area contributed by atoms with Gasteiger partial charge in [-0.1, -0.05) is 12.1 Å². The van der Waals surface area contributed by atoms with Gasteiger partial charge in [0.2, 0.25) is 5.75 Å². The van der Waals surface area contributed by atoms with E-state index in [9.17, 15) is 4.39 Å². The number of halogens is 1. The number of benzene rings is 2. The quantitative estimate of drug-likeness (QED) is 0.912. The minimum absolute atomic E-state index is 0.0411. The summed E-state index contributed by atoms with van der Waals surface area (Å²) in [6.07, 6.45) is 0. The molecule has 0 saturated heterocycles. The Morgan fingerprint density at radius 3 is 2.05 bits per heavy atom. The van der Waals surface area contributed by atoms with Gasteiger partial charge < -0.3 is 19.9 Å². The predicted octanol–water partition coefficient (Wildman–Crippen LogP) is 3.09. The van der Waals surface area contributed by atoms with Crippen LogP contribution in [0.3, 0.4) is 0 Å². The second-order valence-corrected chi connectivity index (χ2v) is 4.01. The Morgan fingerprint density at radius 1 is 0.950 bits per heavy atom. The summed E-state index contributed by atoms with van der Waals surface area (Å²) in [5.74, 6) is 1.32. The van der Waals surface area contributed by atoms with E-state index >= 15 is 0 Å². The molecule has 0 aromatic heterocycles. The predicted molar refractivity (Wildman–Crippen MR) is 73.9 cm³/mol. The topological polar surface area (TPSA) is 53.7 Å². The molecule has 2 aromatic carbocycles. The Hall–Kier alpha value is -2.27. The van der Waals surface area contributed by atoms with Crippen LogP contribution in [0.5, 0.6) is 23.0 Å². The van der Waals surface area contributed by atoms with Crippen molar-refractivity contribution >= 4 is 0 Å². The van der Waals surface area contributed by atoms with E-state index in [0.717, 1.165) is 0 Å². The largest absolute Gasteiger partial charge is 0.493 e. The summed E-state index contributed by atoms with van der Waals surface area (Å²) < 4.78 is 29.9.